The van der Waals surface area contributed by atoms with E-state index in [1.807, 2.05) is 97.2 Å². The number of thiazole rings is 1. The van der Waals surface area contributed by atoms with Crippen LogP contribution in [0.5, 0.6) is 11.5 Å². The van der Waals surface area contributed by atoms with Crippen LogP contribution in [0.2, 0.25) is 0 Å². The molecule has 0 aliphatic heterocycles. The third-order valence-corrected chi connectivity index (χ3v) is 8.09. The van der Waals surface area contributed by atoms with Crippen molar-refractivity contribution < 1.29 is 19.1 Å². The number of hydrogen-bond donors (Lipinski definition) is 2. The Labute approximate surface area is 240 Å². The second-order valence-corrected chi connectivity index (χ2v) is 11.2. The van der Waals surface area contributed by atoms with E-state index < -0.39 is 0 Å². The maximum atomic E-state index is 12.9. The van der Waals surface area contributed by atoms with Gasteiger partial charge in [0.25, 0.3) is 5.91 Å². The minimum atomic E-state index is -0.355. The fourth-order valence-electron chi connectivity index (χ4n) is 4.07. The van der Waals surface area contributed by atoms with Gasteiger partial charge in [-0.15, -0.1) is 23.1 Å². The molecule has 1 atom stereocenters. The zero-order valence-corrected chi connectivity index (χ0v) is 23.8. The van der Waals surface area contributed by atoms with Crippen molar-refractivity contribution in [1.82, 2.24) is 4.98 Å². The Balaban J connectivity index is 1.16. The van der Waals surface area contributed by atoms with Crippen LogP contribution in [0.1, 0.15) is 17.3 Å². The normalized spacial score (nSPS) is 11.6. The smallest absolute Gasteiger partial charge is 0.255 e. The second-order valence-electron chi connectivity index (χ2n) is 8.90. The van der Waals surface area contributed by atoms with Gasteiger partial charge in [0.05, 0.1) is 25.2 Å². The number of anilines is 2. The summed E-state index contributed by atoms with van der Waals surface area (Å²) in [6, 6.07) is 26.6. The molecule has 5 rings (SSSR count). The Morgan fingerprint density at radius 2 is 1.60 bits per heavy atom. The molecule has 0 aliphatic carbocycles. The molecule has 2 N–H and O–H groups in total. The monoisotopic (exact) mass is 569 g/mol. The minimum Gasteiger partial charge on any atom is -0.493 e. The SMILES string of the molecule is COc1ccc(-c2csc(NC(=O)C(C)Sc3ccc(NC(=O)c4ccc5ccccc5c4)cc3)n2)cc1OC. The molecule has 0 bridgehead atoms. The number of methoxy groups -OCH3 is 2. The lowest BCUT2D eigenvalue weighted by Gasteiger charge is -2.11. The van der Waals surface area contributed by atoms with Gasteiger partial charge in [-0.2, -0.15) is 0 Å². The first-order valence-electron chi connectivity index (χ1n) is 12.5. The van der Waals surface area contributed by atoms with E-state index in [9.17, 15) is 9.59 Å². The van der Waals surface area contributed by atoms with Crippen LogP contribution in [0.25, 0.3) is 22.0 Å². The molecule has 4 aromatic carbocycles. The first kappa shape index (κ1) is 27.2. The maximum absolute atomic E-state index is 12.9. The number of benzene rings is 4. The van der Waals surface area contributed by atoms with E-state index in [0.717, 1.165) is 26.9 Å². The van der Waals surface area contributed by atoms with E-state index in [4.69, 9.17) is 9.47 Å². The van der Waals surface area contributed by atoms with Gasteiger partial charge in [0, 0.05) is 27.1 Å². The van der Waals surface area contributed by atoms with Gasteiger partial charge in [0.2, 0.25) is 5.91 Å². The predicted octanol–water partition coefficient (Wildman–Crippen LogP) is 7.35. The number of aromatic nitrogens is 1. The Kier molecular flexibility index (Phi) is 8.33. The average molecular weight is 570 g/mol. The lowest BCUT2D eigenvalue weighted by Crippen LogP contribution is -2.22. The van der Waals surface area contributed by atoms with Gasteiger partial charge in [-0.3, -0.25) is 9.59 Å². The molecule has 5 aromatic rings. The third-order valence-electron chi connectivity index (χ3n) is 6.22. The summed E-state index contributed by atoms with van der Waals surface area (Å²) < 4.78 is 10.7. The van der Waals surface area contributed by atoms with Gasteiger partial charge in [-0.1, -0.05) is 30.3 Å². The standard InChI is InChI=1S/C31H27N3O4S2/c1-19(29(35)34-31-33-26(18-39-31)22-10-15-27(37-2)28(17-22)38-3)40-25-13-11-24(12-14-25)32-30(36)23-9-8-20-6-4-5-7-21(20)16-23/h4-19H,1-3H3,(H,32,36)(H,33,34,35). The number of hydrogen-bond acceptors (Lipinski definition) is 7. The lowest BCUT2D eigenvalue weighted by molar-refractivity contribution is -0.115. The highest BCUT2D eigenvalue weighted by molar-refractivity contribution is 8.00. The number of carbonyl (C=O) groups is 2. The Bertz CT molecular complexity index is 1670. The van der Waals surface area contributed by atoms with Crippen molar-refractivity contribution in [2.45, 2.75) is 17.1 Å². The van der Waals surface area contributed by atoms with Gasteiger partial charge >= 0.3 is 0 Å². The molecule has 0 radical (unpaired) electrons. The zero-order chi connectivity index (χ0) is 28.1. The number of fused-ring (bicyclic) bond motifs is 1. The molecule has 7 nitrogen and oxygen atoms in total. The number of ether oxygens (including phenoxy) is 2. The van der Waals surface area contributed by atoms with Crippen LogP contribution in [0.3, 0.4) is 0 Å². The number of carbonyl (C=O) groups excluding carboxylic acids is 2. The summed E-state index contributed by atoms with van der Waals surface area (Å²) in [4.78, 5) is 31.1. The van der Waals surface area contributed by atoms with Gasteiger partial charge in [-0.25, -0.2) is 4.98 Å². The summed E-state index contributed by atoms with van der Waals surface area (Å²) in [6.07, 6.45) is 0. The van der Waals surface area contributed by atoms with Crippen molar-refractivity contribution in [3.05, 3.63) is 95.9 Å². The number of nitrogens with one attached hydrogen (secondary N) is 2. The minimum absolute atomic E-state index is 0.146. The maximum Gasteiger partial charge on any atom is 0.255 e. The Morgan fingerprint density at radius 1 is 0.850 bits per heavy atom. The first-order chi connectivity index (χ1) is 19.4. The zero-order valence-electron chi connectivity index (χ0n) is 22.1. The fourth-order valence-corrected chi connectivity index (χ4v) is 5.66. The molecule has 202 valence electrons. The molecule has 2 amide bonds. The fraction of sp³-hybridized carbons (Fsp3) is 0.129. The van der Waals surface area contributed by atoms with Crippen LogP contribution >= 0.6 is 23.1 Å². The van der Waals surface area contributed by atoms with Gasteiger partial charge in [0.1, 0.15) is 0 Å². The van der Waals surface area contributed by atoms with Crippen LogP contribution < -0.4 is 20.1 Å². The van der Waals surface area contributed by atoms with Crippen LogP contribution in [-0.4, -0.2) is 36.3 Å². The number of amides is 2. The van der Waals surface area contributed by atoms with E-state index >= 15 is 0 Å². The molecule has 40 heavy (non-hydrogen) atoms. The van der Waals surface area contributed by atoms with Crippen LogP contribution in [-0.2, 0) is 4.79 Å². The van der Waals surface area contributed by atoms with Crippen molar-refractivity contribution in [1.29, 1.82) is 0 Å². The van der Waals surface area contributed by atoms with Gasteiger partial charge < -0.3 is 20.1 Å². The largest absolute Gasteiger partial charge is 0.493 e. The van der Waals surface area contributed by atoms with Gasteiger partial charge in [0.15, 0.2) is 16.6 Å². The van der Waals surface area contributed by atoms with E-state index in [-0.39, 0.29) is 17.1 Å². The molecular weight excluding hydrogens is 542 g/mol. The number of nitrogens with zero attached hydrogens (tertiary/aromatic N) is 1. The van der Waals surface area contributed by atoms with Crippen LogP contribution in [0, 0.1) is 0 Å². The summed E-state index contributed by atoms with van der Waals surface area (Å²) in [5.41, 5.74) is 2.89. The topological polar surface area (TPSA) is 89.6 Å². The van der Waals surface area contributed by atoms with E-state index in [1.165, 1.54) is 23.1 Å². The first-order valence-corrected chi connectivity index (χ1v) is 14.2. The number of rotatable bonds is 9. The molecule has 0 aliphatic rings. The van der Waals surface area contributed by atoms with E-state index in [0.29, 0.717) is 27.9 Å². The summed E-state index contributed by atoms with van der Waals surface area (Å²) in [7, 11) is 3.18. The lowest BCUT2D eigenvalue weighted by atomic mass is 10.1. The van der Waals surface area contributed by atoms with Crippen molar-refractivity contribution in [3.63, 3.8) is 0 Å². The van der Waals surface area contributed by atoms with Crippen molar-refractivity contribution in [2.24, 2.45) is 0 Å². The molecular formula is C31H27N3O4S2. The third kappa shape index (κ3) is 6.27. The molecule has 0 saturated heterocycles. The second kappa shape index (κ2) is 12.2. The molecule has 1 heterocycles. The van der Waals surface area contributed by atoms with E-state index in [1.54, 1.807) is 14.2 Å². The van der Waals surface area contributed by atoms with Crippen LogP contribution in [0.15, 0.2) is 95.2 Å². The van der Waals surface area contributed by atoms with E-state index in [2.05, 4.69) is 15.6 Å². The summed E-state index contributed by atoms with van der Waals surface area (Å²) in [5, 5.41) is 10.0. The molecule has 0 saturated carbocycles. The summed E-state index contributed by atoms with van der Waals surface area (Å²) in [6.45, 7) is 1.85. The highest BCUT2D eigenvalue weighted by Gasteiger charge is 2.17. The van der Waals surface area contributed by atoms with Gasteiger partial charge in [-0.05, 0) is 72.3 Å². The highest BCUT2D eigenvalue weighted by atomic mass is 32.2. The molecule has 9 heteroatoms. The molecule has 1 aromatic heterocycles. The Morgan fingerprint density at radius 3 is 2.35 bits per heavy atom. The predicted molar refractivity (Wildman–Crippen MR) is 163 cm³/mol. The van der Waals surface area contributed by atoms with Crippen LogP contribution in [0.4, 0.5) is 10.8 Å². The summed E-state index contributed by atoms with van der Waals surface area (Å²) in [5.74, 6) is 0.936. The van der Waals surface area contributed by atoms with Crippen molar-refractivity contribution in [2.75, 3.05) is 24.9 Å². The number of thioether (sulfide) groups is 1. The Hall–Kier alpha value is -4.34. The quantitative estimate of drug-likeness (QED) is 0.180. The molecule has 0 spiro atoms. The molecule has 0 fully saturated rings. The van der Waals surface area contributed by atoms with Crippen molar-refractivity contribution in [3.8, 4) is 22.8 Å². The molecule has 1 unspecified atom stereocenters. The average Bonchev–Trinajstić information content (AvgIpc) is 3.45. The van der Waals surface area contributed by atoms with Crippen molar-refractivity contribution >= 4 is 56.5 Å². The summed E-state index contributed by atoms with van der Waals surface area (Å²) >= 11 is 2.79. The highest BCUT2D eigenvalue weighted by Crippen LogP contribution is 2.34.